The first-order valence-corrected chi connectivity index (χ1v) is 6.63. The number of carbonyl (C=O) groups is 2. The molecule has 0 saturated carbocycles. The Morgan fingerprint density at radius 3 is 2.70 bits per heavy atom. The van der Waals surface area contributed by atoms with Gasteiger partial charge in [-0.15, -0.1) is 0 Å². The predicted molar refractivity (Wildman–Crippen MR) is 76.7 cm³/mol. The SMILES string of the molecule is CCn1cc(C(=O)NCC(C)C(=O)O)c2ccccc21. The number of aryl methyl sites for hydroxylation is 1. The molecule has 0 spiro atoms. The van der Waals surface area contributed by atoms with Gasteiger partial charge in [-0.3, -0.25) is 9.59 Å². The van der Waals surface area contributed by atoms with E-state index in [4.69, 9.17) is 5.11 Å². The molecule has 0 aliphatic rings. The van der Waals surface area contributed by atoms with E-state index in [1.54, 1.807) is 6.92 Å². The molecular formula is C15H18N2O3. The number of para-hydroxylation sites is 1. The molecule has 2 N–H and O–H groups in total. The largest absolute Gasteiger partial charge is 0.481 e. The van der Waals surface area contributed by atoms with Crippen molar-refractivity contribution in [1.29, 1.82) is 0 Å². The highest BCUT2D eigenvalue weighted by Gasteiger charge is 2.16. The molecule has 2 aromatic rings. The van der Waals surface area contributed by atoms with Crippen molar-refractivity contribution in [2.24, 2.45) is 5.92 Å². The van der Waals surface area contributed by atoms with E-state index in [0.29, 0.717) is 5.56 Å². The van der Waals surface area contributed by atoms with Gasteiger partial charge in [0.15, 0.2) is 0 Å². The number of carbonyl (C=O) groups excluding carboxylic acids is 1. The number of aliphatic carboxylic acids is 1. The second-order valence-corrected chi connectivity index (χ2v) is 4.80. The van der Waals surface area contributed by atoms with Gasteiger partial charge in [-0.1, -0.05) is 25.1 Å². The summed E-state index contributed by atoms with van der Waals surface area (Å²) in [5, 5.41) is 12.4. The van der Waals surface area contributed by atoms with Crippen molar-refractivity contribution < 1.29 is 14.7 Å². The molecule has 1 amide bonds. The van der Waals surface area contributed by atoms with Gasteiger partial charge in [-0.05, 0) is 13.0 Å². The molecular weight excluding hydrogens is 256 g/mol. The summed E-state index contributed by atoms with van der Waals surface area (Å²) in [5.74, 6) is -1.75. The van der Waals surface area contributed by atoms with E-state index in [9.17, 15) is 9.59 Å². The Hall–Kier alpha value is -2.30. The Morgan fingerprint density at radius 1 is 1.35 bits per heavy atom. The molecule has 0 bridgehead atoms. The minimum atomic E-state index is -0.915. The van der Waals surface area contributed by atoms with Crippen LogP contribution in [0.15, 0.2) is 30.5 Å². The summed E-state index contributed by atoms with van der Waals surface area (Å²) in [6.45, 7) is 4.48. The van der Waals surface area contributed by atoms with E-state index in [0.717, 1.165) is 17.4 Å². The van der Waals surface area contributed by atoms with Crippen LogP contribution < -0.4 is 5.32 Å². The minimum absolute atomic E-state index is 0.125. The zero-order valence-corrected chi connectivity index (χ0v) is 11.6. The third-order valence-electron chi connectivity index (χ3n) is 3.36. The van der Waals surface area contributed by atoms with Crippen LogP contribution in [0, 0.1) is 5.92 Å². The molecule has 0 fully saturated rings. The third kappa shape index (κ3) is 2.66. The smallest absolute Gasteiger partial charge is 0.308 e. The molecule has 0 radical (unpaired) electrons. The number of benzene rings is 1. The Morgan fingerprint density at radius 2 is 2.05 bits per heavy atom. The maximum absolute atomic E-state index is 12.2. The van der Waals surface area contributed by atoms with Crippen LogP contribution in [-0.2, 0) is 11.3 Å². The van der Waals surface area contributed by atoms with Gasteiger partial charge in [0, 0.05) is 30.2 Å². The first-order valence-electron chi connectivity index (χ1n) is 6.63. The van der Waals surface area contributed by atoms with E-state index < -0.39 is 11.9 Å². The molecule has 0 saturated heterocycles. The first kappa shape index (κ1) is 14.1. The summed E-state index contributed by atoms with van der Waals surface area (Å²) in [6, 6.07) is 7.69. The molecule has 1 atom stereocenters. The molecule has 5 nitrogen and oxygen atoms in total. The second-order valence-electron chi connectivity index (χ2n) is 4.80. The molecule has 2 rings (SSSR count). The van der Waals surface area contributed by atoms with Crippen LogP contribution in [0.4, 0.5) is 0 Å². The number of nitrogens with one attached hydrogen (secondary N) is 1. The van der Waals surface area contributed by atoms with Crippen molar-refractivity contribution in [2.75, 3.05) is 6.54 Å². The fraction of sp³-hybridized carbons (Fsp3) is 0.333. The lowest BCUT2D eigenvalue weighted by atomic mass is 10.1. The lowest BCUT2D eigenvalue weighted by molar-refractivity contribution is -0.140. The number of amides is 1. The third-order valence-corrected chi connectivity index (χ3v) is 3.36. The maximum Gasteiger partial charge on any atom is 0.308 e. The standard InChI is InChI=1S/C15H18N2O3/c1-3-17-9-12(11-6-4-5-7-13(11)17)14(18)16-8-10(2)15(19)20/h4-7,9-10H,3,8H2,1-2H3,(H,16,18)(H,19,20). The van der Waals surface area contributed by atoms with Crippen LogP contribution in [-0.4, -0.2) is 28.1 Å². The Balaban J connectivity index is 2.24. The monoisotopic (exact) mass is 274 g/mol. The van der Waals surface area contributed by atoms with E-state index in [1.807, 2.05) is 42.0 Å². The fourth-order valence-electron chi connectivity index (χ4n) is 2.12. The van der Waals surface area contributed by atoms with Crippen molar-refractivity contribution in [1.82, 2.24) is 9.88 Å². The van der Waals surface area contributed by atoms with Gasteiger partial charge in [0.05, 0.1) is 11.5 Å². The molecule has 20 heavy (non-hydrogen) atoms. The molecule has 1 aromatic heterocycles. The van der Waals surface area contributed by atoms with Crippen LogP contribution in [0.1, 0.15) is 24.2 Å². The summed E-state index contributed by atoms with van der Waals surface area (Å²) in [7, 11) is 0. The topological polar surface area (TPSA) is 71.3 Å². The van der Waals surface area contributed by atoms with Crippen LogP contribution in [0.5, 0.6) is 0 Å². The van der Waals surface area contributed by atoms with Gasteiger partial charge in [-0.2, -0.15) is 0 Å². The minimum Gasteiger partial charge on any atom is -0.481 e. The Labute approximate surface area is 117 Å². The van der Waals surface area contributed by atoms with Crippen molar-refractivity contribution in [3.05, 3.63) is 36.0 Å². The first-order chi connectivity index (χ1) is 9.54. The number of fused-ring (bicyclic) bond motifs is 1. The highest BCUT2D eigenvalue weighted by molar-refractivity contribution is 6.07. The van der Waals surface area contributed by atoms with Crippen molar-refractivity contribution in [2.45, 2.75) is 20.4 Å². The molecule has 0 aliphatic carbocycles. The van der Waals surface area contributed by atoms with Crippen molar-refractivity contribution in [3.8, 4) is 0 Å². The number of rotatable bonds is 5. The quantitative estimate of drug-likeness (QED) is 0.877. The normalized spacial score (nSPS) is 12.3. The molecule has 106 valence electrons. The number of aromatic nitrogens is 1. The number of nitrogens with zero attached hydrogens (tertiary/aromatic N) is 1. The molecule has 5 heteroatoms. The lowest BCUT2D eigenvalue weighted by Crippen LogP contribution is -2.31. The number of carboxylic acids is 1. The lowest BCUT2D eigenvalue weighted by Gasteiger charge is -2.07. The summed E-state index contributed by atoms with van der Waals surface area (Å²) in [4.78, 5) is 23.0. The van der Waals surface area contributed by atoms with Gasteiger partial charge in [-0.25, -0.2) is 0 Å². The Kier molecular flexibility index (Phi) is 4.08. The van der Waals surface area contributed by atoms with Gasteiger partial charge >= 0.3 is 5.97 Å². The maximum atomic E-state index is 12.2. The zero-order valence-electron chi connectivity index (χ0n) is 11.6. The van der Waals surface area contributed by atoms with Gasteiger partial charge in [0.2, 0.25) is 0 Å². The predicted octanol–water partition coefficient (Wildman–Crippen LogP) is 2.11. The number of carboxylic acid groups (broad SMARTS) is 1. The van der Waals surface area contributed by atoms with Crippen molar-refractivity contribution in [3.63, 3.8) is 0 Å². The zero-order chi connectivity index (χ0) is 14.7. The molecule has 1 heterocycles. The fourth-order valence-corrected chi connectivity index (χ4v) is 2.12. The van der Waals surface area contributed by atoms with E-state index in [2.05, 4.69) is 5.32 Å². The number of hydrogen-bond acceptors (Lipinski definition) is 2. The Bertz CT molecular complexity index is 646. The van der Waals surface area contributed by atoms with Crippen LogP contribution in [0.25, 0.3) is 10.9 Å². The average molecular weight is 274 g/mol. The van der Waals surface area contributed by atoms with Crippen LogP contribution in [0.3, 0.4) is 0 Å². The molecule has 0 aliphatic heterocycles. The average Bonchev–Trinajstić information content (AvgIpc) is 2.83. The van der Waals surface area contributed by atoms with Crippen LogP contribution >= 0.6 is 0 Å². The second kappa shape index (κ2) is 5.77. The summed E-state index contributed by atoms with van der Waals surface area (Å²) in [6.07, 6.45) is 1.81. The highest BCUT2D eigenvalue weighted by Crippen LogP contribution is 2.21. The van der Waals surface area contributed by atoms with Crippen molar-refractivity contribution >= 4 is 22.8 Å². The van der Waals surface area contributed by atoms with Crippen LogP contribution in [0.2, 0.25) is 0 Å². The highest BCUT2D eigenvalue weighted by atomic mass is 16.4. The molecule has 1 aromatic carbocycles. The van der Waals surface area contributed by atoms with E-state index >= 15 is 0 Å². The van der Waals surface area contributed by atoms with Gasteiger partial charge in [0.1, 0.15) is 0 Å². The summed E-state index contributed by atoms with van der Waals surface area (Å²) in [5.41, 5.74) is 1.59. The molecule has 1 unspecified atom stereocenters. The van der Waals surface area contributed by atoms with Gasteiger partial charge in [0.25, 0.3) is 5.91 Å². The van der Waals surface area contributed by atoms with E-state index in [-0.39, 0.29) is 12.5 Å². The van der Waals surface area contributed by atoms with Gasteiger partial charge < -0.3 is 15.0 Å². The summed E-state index contributed by atoms with van der Waals surface area (Å²) >= 11 is 0. The number of hydrogen-bond donors (Lipinski definition) is 2. The van der Waals surface area contributed by atoms with E-state index in [1.165, 1.54) is 0 Å². The summed E-state index contributed by atoms with van der Waals surface area (Å²) < 4.78 is 2.00.